The van der Waals surface area contributed by atoms with Gasteiger partial charge >= 0.3 is 0 Å². The van der Waals surface area contributed by atoms with Gasteiger partial charge in [0.25, 0.3) is 0 Å². The van der Waals surface area contributed by atoms with E-state index in [0.717, 1.165) is 11.4 Å². The van der Waals surface area contributed by atoms with Crippen LogP contribution in [0.4, 0.5) is 5.69 Å². The fraction of sp³-hybridized carbons (Fsp3) is 0.643. The van der Waals surface area contributed by atoms with Crippen LogP contribution in [0, 0.1) is 13.8 Å². The molecule has 94 valence electrons. The quantitative estimate of drug-likeness (QED) is 0.839. The number of hydrogen-bond acceptors (Lipinski definition) is 3. The number of nitrogens with one attached hydrogen (secondary N) is 2. The SMILES string of the molecule is Cc1ccc(NC(C)CC2CCCN2)c(C)n1. The van der Waals surface area contributed by atoms with Gasteiger partial charge in [-0.25, -0.2) is 0 Å². The summed E-state index contributed by atoms with van der Waals surface area (Å²) in [6, 6.07) is 5.39. The molecule has 1 saturated heterocycles. The van der Waals surface area contributed by atoms with Crippen LogP contribution in [-0.4, -0.2) is 23.6 Å². The van der Waals surface area contributed by atoms with E-state index >= 15 is 0 Å². The van der Waals surface area contributed by atoms with Crippen LogP contribution in [0.1, 0.15) is 37.6 Å². The molecular weight excluding hydrogens is 210 g/mol. The Balaban J connectivity index is 1.90. The number of hydrogen-bond donors (Lipinski definition) is 2. The van der Waals surface area contributed by atoms with Gasteiger partial charge in [-0.3, -0.25) is 4.98 Å². The zero-order valence-electron chi connectivity index (χ0n) is 11.1. The Morgan fingerprint density at radius 1 is 1.47 bits per heavy atom. The summed E-state index contributed by atoms with van der Waals surface area (Å²) in [5.41, 5.74) is 3.34. The smallest absolute Gasteiger partial charge is 0.0606 e. The molecule has 0 amide bonds. The summed E-state index contributed by atoms with van der Waals surface area (Å²) in [5.74, 6) is 0. The Hall–Kier alpha value is -1.09. The zero-order valence-corrected chi connectivity index (χ0v) is 11.1. The maximum Gasteiger partial charge on any atom is 0.0606 e. The molecular formula is C14H23N3. The molecule has 3 nitrogen and oxygen atoms in total. The number of aromatic nitrogens is 1. The average Bonchev–Trinajstić information content (AvgIpc) is 2.75. The number of rotatable bonds is 4. The highest BCUT2D eigenvalue weighted by atomic mass is 15.0. The van der Waals surface area contributed by atoms with E-state index in [4.69, 9.17) is 0 Å². The molecule has 0 bridgehead atoms. The van der Waals surface area contributed by atoms with Crippen LogP contribution in [0.2, 0.25) is 0 Å². The van der Waals surface area contributed by atoms with E-state index in [2.05, 4.69) is 41.6 Å². The van der Waals surface area contributed by atoms with Crippen molar-refractivity contribution in [1.29, 1.82) is 0 Å². The summed E-state index contributed by atoms with van der Waals surface area (Å²) in [5, 5.41) is 7.10. The van der Waals surface area contributed by atoms with Gasteiger partial charge in [0.05, 0.1) is 11.4 Å². The molecule has 1 fully saturated rings. The molecule has 1 aliphatic heterocycles. The van der Waals surface area contributed by atoms with Crippen molar-refractivity contribution in [1.82, 2.24) is 10.3 Å². The second-order valence-corrected chi connectivity index (χ2v) is 5.16. The molecule has 3 heteroatoms. The molecule has 1 aliphatic rings. The van der Waals surface area contributed by atoms with Crippen molar-refractivity contribution >= 4 is 5.69 Å². The minimum absolute atomic E-state index is 0.494. The third-order valence-corrected chi connectivity index (χ3v) is 3.43. The lowest BCUT2D eigenvalue weighted by atomic mass is 10.1. The minimum Gasteiger partial charge on any atom is -0.381 e. The first-order chi connectivity index (χ1) is 8.15. The number of nitrogens with zero attached hydrogens (tertiary/aromatic N) is 1. The summed E-state index contributed by atoms with van der Waals surface area (Å²) in [6.07, 6.45) is 3.83. The van der Waals surface area contributed by atoms with Crippen molar-refractivity contribution in [2.24, 2.45) is 0 Å². The lowest BCUT2D eigenvalue weighted by Crippen LogP contribution is -2.29. The van der Waals surface area contributed by atoms with E-state index < -0.39 is 0 Å². The number of pyridine rings is 1. The largest absolute Gasteiger partial charge is 0.381 e. The first-order valence-corrected chi connectivity index (χ1v) is 6.59. The van der Waals surface area contributed by atoms with Crippen molar-refractivity contribution in [3.05, 3.63) is 23.5 Å². The van der Waals surface area contributed by atoms with Crippen molar-refractivity contribution in [2.45, 2.75) is 52.1 Å². The normalized spacial score (nSPS) is 21.5. The number of anilines is 1. The van der Waals surface area contributed by atoms with Gasteiger partial charge in [0, 0.05) is 17.8 Å². The number of aryl methyl sites for hydroxylation is 2. The predicted octanol–water partition coefficient (Wildman–Crippen LogP) is 2.64. The molecule has 17 heavy (non-hydrogen) atoms. The van der Waals surface area contributed by atoms with Gasteiger partial charge in [-0.15, -0.1) is 0 Å². The maximum atomic E-state index is 4.48. The van der Waals surface area contributed by atoms with Gasteiger partial charge < -0.3 is 10.6 Å². The molecule has 2 heterocycles. The highest BCUT2D eigenvalue weighted by molar-refractivity contribution is 5.48. The molecule has 0 spiro atoms. The molecule has 0 aromatic carbocycles. The Bertz CT molecular complexity index is 370. The van der Waals surface area contributed by atoms with Crippen molar-refractivity contribution in [3.8, 4) is 0 Å². The van der Waals surface area contributed by atoms with Gasteiger partial charge in [0.2, 0.25) is 0 Å². The molecule has 1 aromatic rings. The molecule has 2 rings (SSSR count). The van der Waals surface area contributed by atoms with Crippen LogP contribution < -0.4 is 10.6 Å². The maximum absolute atomic E-state index is 4.48. The summed E-state index contributed by atoms with van der Waals surface area (Å²) in [4.78, 5) is 4.48. The van der Waals surface area contributed by atoms with E-state index in [9.17, 15) is 0 Å². The van der Waals surface area contributed by atoms with Crippen LogP contribution in [0.25, 0.3) is 0 Å². The zero-order chi connectivity index (χ0) is 12.3. The van der Waals surface area contributed by atoms with Crippen LogP contribution in [0.15, 0.2) is 12.1 Å². The molecule has 2 N–H and O–H groups in total. The Morgan fingerprint density at radius 3 is 2.94 bits per heavy atom. The van der Waals surface area contributed by atoms with Crippen LogP contribution >= 0.6 is 0 Å². The van der Waals surface area contributed by atoms with E-state index in [1.165, 1.54) is 31.5 Å². The monoisotopic (exact) mass is 233 g/mol. The molecule has 2 unspecified atom stereocenters. The van der Waals surface area contributed by atoms with Crippen molar-refractivity contribution in [2.75, 3.05) is 11.9 Å². The van der Waals surface area contributed by atoms with Crippen LogP contribution in [0.5, 0.6) is 0 Å². The fourth-order valence-corrected chi connectivity index (χ4v) is 2.55. The van der Waals surface area contributed by atoms with Gasteiger partial charge in [-0.05, 0) is 58.7 Å². The highest BCUT2D eigenvalue weighted by Crippen LogP contribution is 2.17. The fourth-order valence-electron chi connectivity index (χ4n) is 2.55. The van der Waals surface area contributed by atoms with E-state index in [1.807, 2.05) is 6.92 Å². The topological polar surface area (TPSA) is 37.0 Å². The summed E-state index contributed by atoms with van der Waals surface area (Å²) >= 11 is 0. The van der Waals surface area contributed by atoms with E-state index in [0.29, 0.717) is 12.1 Å². The highest BCUT2D eigenvalue weighted by Gasteiger charge is 2.17. The molecule has 0 radical (unpaired) electrons. The second-order valence-electron chi connectivity index (χ2n) is 5.16. The summed E-state index contributed by atoms with van der Waals surface area (Å²) in [6.45, 7) is 7.53. The van der Waals surface area contributed by atoms with Gasteiger partial charge in [0.15, 0.2) is 0 Å². The molecule has 1 aromatic heterocycles. The van der Waals surface area contributed by atoms with E-state index in [-0.39, 0.29) is 0 Å². The Morgan fingerprint density at radius 2 is 2.29 bits per heavy atom. The standard InChI is InChI=1S/C14H23N3/c1-10-6-7-14(12(3)16-10)17-11(2)9-13-5-4-8-15-13/h6-7,11,13,15,17H,4-5,8-9H2,1-3H3. The van der Waals surface area contributed by atoms with Crippen LogP contribution in [0.3, 0.4) is 0 Å². The van der Waals surface area contributed by atoms with Gasteiger partial charge in [-0.2, -0.15) is 0 Å². The molecule has 2 atom stereocenters. The first kappa shape index (κ1) is 12.4. The van der Waals surface area contributed by atoms with Crippen molar-refractivity contribution < 1.29 is 0 Å². The summed E-state index contributed by atoms with van der Waals surface area (Å²) < 4.78 is 0. The minimum atomic E-state index is 0.494. The van der Waals surface area contributed by atoms with Crippen molar-refractivity contribution in [3.63, 3.8) is 0 Å². The third kappa shape index (κ3) is 3.43. The Kier molecular flexibility index (Phi) is 4.00. The average molecular weight is 233 g/mol. The second kappa shape index (κ2) is 5.50. The molecule has 0 aliphatic carbocycles. The lowest BCUT2D eigenvalue weighted by molar-refractivity contribution is 0.523. The first-order valence-electron chi connectivity index (χ1n) is 6.59. The van der Waals surface area contributed by atoms with Crippen LogP contribution in [-0.2, 0) is 0 Å². The summed E-state index contributed by atoms with van der Waals surface area (Å²) in [7, 11) is 0. The lowest BCUT2D eigenvalue weighted by Gasteiger charge is -2.20. The third-order valence-electron chi connectivity index (χ3n) is 3.43. The Labute approximate surface area is 104 Å². The van der Waals surface area contributed by atoms with Gasteiger partial charge in [-0.1, -0.05) is 0 Å². The predicted molar refractivity (Wildman–Crippen MR) is 72.4 cm³/mol. The molecule has 0 saturated carbocycles. The van der Waals surface area contributed by atoms with E-state index in [1.54, 1.807) is 0 Å². The van der Waals surface area contributed by atoms with Gasteiger partial charge in [0.1, 0.15) is 0 Å².